The lowest BCUT2D eigenvalue weighted by atomic mass is 9.98. The van der Waals surface area contributed by atoms with Crippen molar-refractivity contribution in [1.29, 1.82) is 0 Å². The van der Waals surface area contributed by atoms with E-state index in [0.717, 1.165) is 18.4 Å². The summed E-state index contributed by atoms with van der Waals surface area (Å²) in [5, 5.41) is 0. The summed E-state index contributed by atoms with van der Waals surface area (Å²) >= 11 is 0. The number of hydrogen-bond acceptors (Lipinski definition) is 3. The molecule has 0 radical (unpaired) electrons. The zero-order valence-electron chi connectivity index (χ0n) is 8.89. The Morgan fingerprint density at radius 2 is 1.93 bits per heavy atom. The number of hydrogen-bond donors (Lipinski definition) is 1. The summed E-state index contributed by atoms with van der Waals surface area (Å²) in [5.41, 5.74) is 8.56. The zero-order valence-corrected chi connectivity index (χ0v) is 8.89. The first-order chi connectivity index (χ1) is 7.38. The van der Waals surface area contributed by atoms with Gasteiger partial charge >= 0.3 is 0 Å². The molecule has 15 heavy (non-hydrogen) atoms. The first kappa shape index (κ1) is 10.3. The second-order valence-corrected chi connectivity index (χ2v) is 4.03. The Balaban J connectivity index is 2.13. The summed E-state index contributed by atoms with van der Waals surface area (Å²) in [7, 11) is 0. The molecule has 2 rings (SSSR count). The van der Waals surface area contributed by atoms with Gasteiger partial charge < -0.3 is 5.73 Å². The van der Waals surface area contributed by atoms with Crippen molar-refractivity contribution in [2.24, 2.45) is 5.73 Å². The minimum atomic E-state index is -0.00991. The quantitative estimate of drug-likeness (QED) is 0.751. The van der Waals surface area contributed by atoms with Crippen molar-refractivity contribution in [3.8, 4) is 0 Å². The number of rotatable bonds is 2. The third-order valence-corrected chi connectivity index (χ3v) is 2.92. The fraction of sp³-hybridized carbons (Fsp3) is 0.500. The van der Waals surface area contributed by atoms with Crippen LogP contribution in [0, 0.1) is 0 Å². The molecule has 1 aliphatic rings. The number of nitrogens with two attached hydrogens (primary N) is 1. The van der Waals surface area contributed by atoms with Gasteiger partial charge in [-0.3, -0.25) is 0 Å². The Labute approximate surface area is 90.4 Å². The summed E-state index contributed by atoms with van der Waals surface area (Å²) in [6.07, 6.45) is 13.6. The summed E-state index contributed by atoms with van der Waals surface area (Å²) in [4.78, 5) is 8.01. The van der Waals surface area contributed by atoms with E-state index in [1.165, 1.54) is 31.2 Å². The molecule has 1 aromatic rings. The van der Waals surface area contributed by atoms with Gasteiger partial charge in [-0.2, -0.15) is 0 Å². The second-order valence-electron chi connectivity index (χ2n) is 4.03. The van der Waals surface area contributed by atoms with Gasteiger partial charge in [-0.1, -0.05) is 18.1 Å². The molecule has 0 aromatic carbocycles. The third kappa shape index (κ3) is 2.63. The van der Waals surface area contributed by atoms with E-state index in [1.807, 2.05) is 12.4 Å². The molecule has 1 heterocycles. The van der Waals surface area contributed by atoms with Crippen LogP contribution in [0.25, 0.3) is 0 Å². The van der Waals surface area contributed by atoms with Crippen LogP contribution in [-0.4, -0.2) is 9.97 Å². The van der Waals surface area contributed by atoms with Crippen LogP contribution in [0.5, 0.6) is 0 Å². The lowest BCUT2D eigenvalue weighted by molar-refractivity contribution is 0.686. The summed E-state index contributed by atoms with van der Waals surface area (Å²) < 4.78 is 0. The highest BCUT2D eigenvalue weighted by Crippen LogP contribution is 2.26. The Morgan fingerprint density at radius 3 is 2.73 bits per heavy atom. The number of allylic oxidation sites excluding steroid dienone is 1. The van der Waals surface area contributed by atoms with Crippen molar-refractivity contribution in [1.82, 2.24) is 9.97 Å². The highest BCUT2D eigenvalue weighted by molar-refractivity contribution is 5.23. The Morgan fingerprint density at radius 1 is 1.13 bits per heavy atom. The largest absolute Gasteiger partial charge is 0.320 e. The Hall–Kier alpha value is -1.22. The fourth-order valence-electron chi connectivity index (χ4n) is 2.01. The van der Waals surface area contributed by atoms with Crippen LogP contribution in [0.2, 0.25) is 0 Å². The SMILES string of the molecule is NC(C1=CCCCCC1)c1cncnc1. The van der Waals surface area contributed by atoms with Gasteiger partial charge in [-0.25, -0.2) is 9.97 Å². The molecule has 3 heteroatoms. The van der Waals surface area contributed by atoms with E-state index in [-0.39, 0.29) is 6.04 Å². The molecular formula is C12H17N3. The fourth-order valence-corrected chi connectivity index (χ4v) is 2.01. The van der Waals surface area contributed by atoms with E-state index in [0.29, 0.717) is 0 Å². The van der Waals surface area contributed by atoms with Gasteiger partial charge in [0.15, 0.2) is 0 Å². The molecule has 0 bridgehead atoms. The third-order valence-electron chi connectivity index (χ3n) is 2.92. The van der Waals surface area contributed by atoms with Crippen molar-refractivity contribution in [2.75, 3.05) is 0 Å². The van der Waals surface area contributed by atoms with Crippen LogP contribution < -0.4 is 5.73 Å². The molecular weight excluding hydrogens is 186 g/mol. The maximum atomic E-state index is 6.19. The summed E-state index contributed by atoms with van der Waals surface area (Å²) in [5.74, 6) is 0. The lowest BCUT2D eigenvalue weighted by Gasteiger charge is -2.14. The monoisotopic (exact) mass is 203 g/mol. The first-order valence-electron chi connectivity index (χ1n) is 5.57. The summed E-state index contributed by atoms with van der Waals surface area (Å²) in [6, 6.07) is -0.00991. The molecule has 1 aliphatic carbocycles. The van der Waals surface area contributed by atoms with Crippen LogP contribution in [0.3, 0.4) is 0 Å². The topological polar surface area (TPSA) is 51.8 Å². The van der Waals surface area contributed by atoms with Crippen molar-refractivity contribution in [3.05, 3.63) is 35.9 Å². The smallest absolute Gasteiger partial charge is 0.115 e. The number of aromatic nitrogens is 2. The summed E-state index contributed by atoms with van der Waals surface area (Å²) in [6.45, 7) is 0. The molecule has 0 spiro atoms. The molecule has 3 nitrogen and oxygen atoms in total. The molecule has 0 fully saturated rings. The average molecular weight is 203 g/mol. The van der Waals surface area contributed by atoms with Crippen molar-refractivity contribution < 1.29 is 0 Å². The van der Waals surface area contributed by atoms with E-state index in [2.05, 4.69) is 16.0 Å². The molecule has 80 valence electrons. The number of nitrogens with zero attached hydrogens (tertiary/aromatic N) is 2. The zero-order chi connectivity index (χ0) is 10.5. The van der Waals surface area contributed by atoms with Gasteiger partial charge in [0.1, 0.15) is 6.33 Å². The van der Waals surface area contributed by atoms with E-state index >= 15 is 0 Å². The van der Waals surface area contributed by atoms with Crippen LogP contribution in [0.15, 0.2) is 30.4 Å². The van der Waals surface area contributed by atoms with Crippen molar-refractivity contribution in [3.63, 3.8) is 0 Å². The molecule has 2 N–H and O–H groups in total. The predicted molar refractivity (Wildman–Crippen MR) is 60.1 cm³/mol. The molecule has 1 atom stereocenters. The van der Waals surface area contributed by atoms with Gasteiger partial charge in [0.05, 0.1) is 6.04 Å². The van der Waals surface area contributed by atoms with E-state index in [1.54, 1.807) is 0 Å². The van der Waals surface area contributed by atoms with Crippen LogP contribution in [0.4, 0.5) is 0 Å². The van der Waals surface area contributed by atoms with Gasteiger partial charge in [-0.15, -0.1) is 0 Å². The van der Waals surface area contributed by atoms with Gasteiger partial charge in [-0.05, 0) is 25.7 Å². The molecule has 0 amide bonds. The minimum absolute atomic E-state index is 0.00991. The van der Waals surface area contributed by atoms with Crippen LogP contribution in [-0.2, 0) is 0 Å². The highest BCUT2D eigenvalue weighted by Gasteiger charge is 2.13. The second kappa shape index (κ2) is 5.03. The van der Waals surface area contributed by atoms with Crippen molar-refractivity contribution >= 4 is 0 Å². The van der Waals surface area contributed by atoms with Crippen LogP contribution >= 0.6 is 0 Å². The van der Waals surface area contributed by atoms with E-state index in [4.69, 9.17) is 5.73 Å². The van der Waals surface area contributed by atoms with E-state index < -0.39 is 0 Å². The van der Waals surface area contributed by atoms with E-state index in [9.17, 15) is 0 Å². The molecule has 0 saturated carbocycles. The Kier molecular flexibility index (Phi) is 3.45. The van der Waals surface area contributed by atoms with Crippen molar-refractivity contribution in [2.45, 2.75) is 38.1 Å². The Bertz CT molecular complexity index is 332. The maximum absolute atomic E-state index is 6.19. The molecule has 1 unspecified atom stereocenters. The predicted octanol–water partition coefficient (Wildman–Crippen LogP) is 2.37. The minimum Gasteiger partial charge on any atom is -0.320 e. The molecule has 0 saturated heterocycles. The molecule has 1 aromatic heterocycles. The lowest BCUT2D eigenvalue weighted by Crippen LogP contribution is -2.13. The van der Waals surface area contributed by atoms with Gasteiger partial charge in [0.2, 0.25) is 0 Å². The normalized spacial score (nSPS) is 19.1. The van der Waals surface area contributed by atoms with Crippen LogP contribution in [0.1, 0.15) is 43.7 Å². The maximum Gasteiger partial charge on any atom is 0.115 e. The highest BCUT2D eigenvalue weighted by atomic mass is 14.8. The molecule has 0 aliphatic heterocycles. The average Bonchev–Trinajstić information content (AvgIpc) is 2.58. The first-order valence-corrected chi connectivity index (χ1v) is 5.57. The standard InChI is InChI=1S/C12H17N3/c13-12(11-7-14-9-15-8-11)10-5-3-1-2-4-6-10/h5,7-9,12H,1-4,6,13H2. The van der Waals surface area contributed by atoms with Gasteiger partial charge in [0, 0.05) is 18.0 Å². The van der Waals surface area contributed by atoms with Gasteiger partial charge in [0.25, 0.3) is 0 Å².